The van der Waals surface area contributed by atoms with Crippen LogP contribution in [0.3, 0.4) is 0 Å². The predicted molar refractivity (Wildman–Crippen MR) is 139 cm³/mol. The van der Waals surface area contributed by atoms with E-state index >= 15 is 0 Å². The van der Waals surface area contributed by atoms with E-state index in [2.05, 4.69) is 31.4 Å². The van der Waals surface area contributed by atoms with E-state index in [0.29, 0.717) is 6.61 Å². The van der Waals surface area contributed by atoms with E-state index in [1.165, 1.54) is 23.1 Å². The van der Waals surface area contributed by atoms with Crippen molar-refractivity contribution >= 4 is 51.2 Å². The molecule has 0 atom stereocenters. The molecule has 1 heterocycles. The summed E-state index contributed by atoms with van der Waals surface area (Å²) in [6.07, 6.45) is 1.61. The molecule has 0 saturated carbocycles. The summed E-state index contributed by atoms with van der Waals surface area (Å²) in [6, 6.07) is 25.5. The molecule has 3 aromatic carbocycles. The van der Waals surface area contributed by atoms with Crippen molar-refractivity contribution < 1.29 is 9.53 Å². The van der Waals surface area contributed by atoms with E-state index in [9.17, 15) is 4.79 Å². The first-order valence-corrected chi connectivity index (χ1v) is 12.7. The van der Waals surface area contributed by atoms with Gasteiger partial charge in [-0.1, -0.05) is 70.2 Å². The molecule has 0 unspecified atom stereocenters. The first-order chi connectivity index (χ1) is 16.2. The topological polar surface area (TPSA) is 63.6 Å². The number of hydrogen-bond donors (Lipinski definition) is 1. The predicted octanol–water partition coefficient (Wildman–Crippen LogP) is 6.39. The zero-order valence-electron chi connectivity index (χ0n) is 17.5. The number of hydrazone groups is 1. The van der Waals surface area contributed by atoms with Crippen LogP contribution < -0.4 is 10.2 Å². The summed E-state index contributed by atoms with van der Waals surface area (Å²) in [5, 5.41) is 6.04. The number of nitrogens with one attached hydrogen (secondary N) is 1. The molecule has 4 aromatic rings. The van der Waals surface area contributed by atoms with Crippen molar-refractivity contribution in [2.45, 2.75) is 10.9 Å². The standard InChI is InChI=1S/C25H20BrN3O2S2/c26-21-10-6-19(7-11-21)15-31-22-12-8-18(9-13-22)14-27-29-24(30)17-33-25-28-23(16-32-25)20-4-2-1-3-5-20/h1-14,16H,15,17H2,(H,29,30)/b27-14+. The van der Waals surface area contributed by atoms with Crippen LogP contribution in [-0.2, 0) is 11.4 Å². The summed E-state index contributed by atoms with van der Waals surface area (Å²) >= 11 is 6.35. The van der Waals surface area contributed by atoms with Gasteiger partial charge < -0.3 is 4.74 Å². The SMILES string of the molecule is O=C(CSc1nc(-c2ccccc2)cs1)N/N=C/c1ccc(OCc2ccc(Br)cc2)cc1. The molecule has 0 aliphatic heterocycles. The number of ether oxygens (including phenoxy) is 1. The fourth-order valence-corrected chi connectivity index (χ4v) is 4.69. The summed E-state index contributed by atoms with van der Waals surface area (Å²) in [6.45, 7) is 0.500. The van der Waals surface area contributed by atoms with Gasteiger partial charge in [0.1, 0.15) is 12.4 Å². The van der Waals surface area contributed by atoms with Gasteiger partial charge in [0.05, 0.1) is 17.7 Å². The lowest BCUT2D eigenvalue weighted by Gasteiger charge is -2.06. The number of carbonyl (C=O) groups excluding carboxylic acids is 1. The molecule has 0 radical (unpaired) electrons. The summed E-state index contributed by atoms with van der Waals surface area (Å²) < 4.78 is 7.69. The summed E-state index contributed by atoms with van der Waals surface area (Å²) in [4.78, 5) is 16.7. The van der Waals surface area contributed by atoms with E-state index in [-0.39, 0.29) is 11.7 Å². The normalized spacial score (nSPS) is 10.9. The average Bonchev–Trinajstić information content (AvgIpc) is 3.33. The third-order valence-electron chi connectivity index (χ3n) is 4.48. The fourth-order valence-electron chi connectivity index (χ4n) is 2.80. The lowest BCUT2D eigenvalue weighted by molar-refractivity contribution is -0.118. The number of hydrogen-bond acceptors (Lipinski definition) is 6. The number of carbonyl (C=O) groups is 1. The largest absolute Gasteiger partial charge is 0.489 e. The summed E-state index contributed by atoms with van der Waals surface area (Å²) in [5.74, 6) is 0.845. The van der Waals surface area contributed by atoms with Crippen LogP contribution in [0.5, 0.6) is 5.75 Å². The highest BCUT2D eigenvalue weighted by Crippen LogP contribution is 2.28. The number of benzene rings is 3. The molecular weight excluding hydrogens is 518 g/mol. The first-order valence-electron chi connectivity index (χ1n) is 10.1. The molecule has 1 aromatic heterocycles. The van der Waals surface area contributed by atoms with Gasteiger partial charge in [-0.2, -0.15) is 5.10 Å². The van der Waals surface area contributed by atoms with Gasteiger partial charge in [0, 0.05) is 15.4 Å². The molecule has 1 N–H and O–H groups in total. The molecule has 0 aliphatic carbocycles. The van der Waals surface area contributed by atoms with Crippen molar-refractivity contribution in [1.82, 2.24) is 10.4 Å². The molecule has 0 spiro atoms. The van der Waals surface area contributed by atoms with Crippen molar-refractivity contribution in [2.24, 2.45) is 5.10 Å². The quantitative estimate of drug-likeness (QED) is 0.152. The van der Waals surface area contributed by atoms with Gasteiger partial charge in [-0.3, -0.25) is 4.79 Å². The third-order valence-corrected chi connectivity index (χ3v) is 7.03. The summed E-state index contributed by atoms with van der Waals surface area (Å²) in [7, 11) is 0. The minimum atomic E-state index is -0.179. The minimum Gasteiger partial charge on any atom is -0.489 e. The Bertz CT molecular complexity index is 1210. The Morgan fingerprint density at radius 2 is 1.82 bits per heavy atom. The van der Waals surface area contributed by atoms with Crippen LogP contribution in [0.15, 0.2) is 98.2 Å². The maximum Gasteiger partial charge on any atom is 0.250 e. The second-order valence-corrected chi connectivity index (χ2v) is 9.93. The molecule has 0 bridgehead atoms. The van der Waals surface area contributed by atoms with E-state index in [1.54, 1.807) is 6.21 Å². The third kappa shape index (κ3) is 7.28. The first kappa shape index (κ1) is 23.2. The highest BCUT2D eigenvalue weighted by molar-refractivity contribution is 9.10. The molecule has 166 valence electrons. The van der Waals surface area contributed by atoms with Crippen molar-refractivity contribution in [3.63, 3.8) is 0 Å². The highest BCUT2D eigenvalue weighted by Gasteiger charge is 2.07. The Labute approximate surface area is 209 Å². The zero-order chi connectivity index (χ0) is 22.9. The smallest absolute Gasteiger partial charge is 0.250 e. The van der Waals surface area contributed by atoms with Crippen molar-refractivity contribution in [2.75, 3.05) is 5.75 Å². The van der Waals surface area contributed by atoms with E-state index in [4.69, 9.17) is 4.74 Å². The van der Waals surface area contributed by atoms with Gasteiger partial charge in [-0.05, 0) is 47.5 Å². The molecule has 8 heteroatoms. The molecule has 0 saturated heterocycles. The van der Waals surface area contributed by atoms with E-state index in [1.807, 2.05) is 84.2 Å². The summed E-state index contributed by atoms with van der Waals surface area (Å²) in [5.41, 5.74) is 6.51. The molecule has 33 heavy (non-hydrogen) atoms. The van der Waals surface area contributed by atoms with Crippen LogP contribution >= 0.6 is 39.0 Å². The number of nitrogens with zero attached hydrogens (tertiary/aromatic N) is 2. The van der Waals surface area contributed by atoms with Crippen molar-refractivity contribution in [3.8, 4) is 17.0 Å². The molecule has 4 rings (SSSR count). The van der Waals surface area contributed by atoms with Crippen LogP contribution in [-0.4, -0.2) is 22.9 Å². The van der Waals surface area contributed by atoms with Crippen molar-refractivity contribution in [1.29, 1.82) is 0 Å². The molecule has 1 amide bonds. The number of thiazole rings is 1. The molecule has 5 nitrogen and oxygen atoms in total. The second-order valence-electron chi connectivity index (χ2n) is 6.93. The number of rotatable bonds is 9. The van der Waals surface area contributed by atoms with Gasteiger partial charge >= 0.3 is 0 Å². The zero-order valence-corrected chi connectivity index (χ0v) is 20.7. The average molecular weight is 538 g/mol. The Balaban J connectivity index is 1.20. The van der Waals surface area contributed by atoms with Crippen molar-refractivity contribution in [3.05, 3.63) is 99.8 Å². The lowest BCUT2D eigenvalue weighted by Crippen LogP contribution is -2.19. The minimum absolute atomic E-state index is 0.179. The monoisotopic (exact) mass is 537 g/mol. The van der Waals surface area contributed by atoms with Crippen LogP contribution in [0.4, 0.5) is 0 Å². The van der Waals surface area contributed by atoms with Crippen LogP contribution in [0, 0.1) is 0 Å². The molecule has 0 fully saturated rings. The van der Waals surface area contributed by atoms with E-state index < -0.39 is 0 Å². The van der Waals surface area contributed by atoms with Crippen LogP contribution in [0.2, 0.25) is 0 Å². The maximum absolute atomic E-state index is 12.1. The number of halogens is 1. The lowest BCUT2D eigenvalue weighted by atomic mass is 10.2. The van der Waals surface area contributed by atoms with Crippen LogP contribution in [0.1, 0.15) is 11.1 Å². The van der Waals surface area contributed by atoms with Gasteiger partial charge in [-0.25, -0.2) is 10.4 Å². The Kier molecular flexibility index (Phi) is 8.30. The van der Waals surface area contributed by atoms with Gasteiger partial charge in [0.2, 0.25) is 0 Å². The van der Waals surface area contributed by atoms with Gasteiger partial charge in [0.25, 0.3) is 5.91 Å². The molecule has 0 aliphatic rings. The number of thioether (sulfide) groups is 1. The Hall–Kier alpha value is -2.94. The van der Waals surface area contributed by atoms with Gasteiger partial charge in [0.15, 0.2) is 4.34 Å². The number of amides is 1. The number of aromatic nitrogens is 1. The Morgan fingerprint density at radius 1 is 1.06 bits per heavy atom. The van der Waals surface area contributed by atoms with Crippen LogP contribution in [0.25, 0.3) is 11.3 Å². The Morgan fingerprint density at radius 3 is 2.58 bits per heavy atom. The highest BCUT2D eigenvalue weighted by atomic mass is 79.9. The van der Waals surface area contributed by atoms with Gasteiger partial charge in [-0.15, -0.1) is 11.3 Å². The second kappa shape index (κ2) is 11.8. The maximum atomic E-state index is 12.1. The van der Waals surface area contributed by atoms with E-state index in [0.717, 1.165) is 36.9 Å². The fraction of sp³-hybridized carbons (Fsp3) is 0.0800. The molecular formula is C25H20BrN3O2S2.